The van der Waals surface area contributed by atoms with Gasteiger partial charge >= 0.3 is 0 Å². The fourth-order valence-electron chi connectivity index (χ4n) is 2.56. The molecule has 6 heteroatoms. The molecule has 3 aromatic rings. The Hall–Kier alpha value is -3.15. The minimum Gasteiger partial charge on any atom is -0.497 e. The number of benzene rings is 1. The normalized spacial score (nSPS) is 10.6. The summed E-state index contributed by atoms with van der Waals surface area (Å²) in [6.45, 7) is 1.82. The molecule has 6 nitrogen and oxygen atoms in total. The van der Waals surface area contributed by atoms with Crippen LogP contribution in [0.25, 0.3) is 10.9 Å². The van der Waals surface area contributed by atoms with Crippen molar-refractivity contribution in [2.24, 2.45) is 0 Å². The van der Waals surface area contributed by atoms with E-state index in [2.05, 4.69) is 10.3 Å². The van der Waals surface area contributed by atoms with Crippen molar-refractivity contribution >= 4 is 22.7 Å². The van der Waals surface area contributed by atoms with E-state index in [0.717, 1.165) is 5.56 Å². The zero-order valence-electron chi connectivity index (χ0n) is 13.4. The smallest absolute Gasteiger partial charge is 0.253 e. The minimum absolute atomic E-state index is 0.156. The second-order valence-corrected chi connectivity index (χ2v) is 5.36. The molecule has 1 amide bonds. The number of hydrogen-bond acceptors (Lipinski definition) is 4. The largest absolute Gasteiger partial charge is 0.497 e. The summed E-state index contributed by atoms with van der Waals surface area (Å²) in [7, 11) is 1.56. The van der Waals surface area contributed by atoms with Crippen molar-refractivity contribution in [3.8, 4) is 5.75 Å². The zero-order chi connectivity index (χ0) is 17.1. The molecule has 2 heterocycles. The van der Waals surface area contributed by atoms with Crippen molar-refractivity contribution in [1.82, 2.24) is 14.9 Å². The molecule has 0 unspecified atom stereocenters. The lowest BCUT2D eigenvalue weighted by molar-refractivity contribution is 0.0941. The van der Waals surface area contributed by atoms with E-state index in [-0.39, 0.29) is 11.8 Å². The van der Waals surface area contributed by atoms with Crippen LogP contribution >= 0.6 is 0 Å². The number of carbonyl (C=O) groups excluding carboxylic acids is 2. The van der Waals surface area contributed by atoms with Crippen molar-refractivity contribution in [2.75, 3.05) is 7.11 Å². The van der Waals surface area contributed by atoms with Crippen molar-refractivity contribution in [3.05, 3.63) is 60.0 Å². The Bertz CT molecular complexity index is 901. The highest BCUT2D eigenvalue weighted by atomic mass is 16.5. The molecule has 0 radical (unpaired) electrons. The van der Waals surface area contributed by atoms with Gasteiger partial charge in [0.2, 0.25) is 5.91 Å². The standard InChI is InChI=1S/C18H17N3O3/c1-12(22)21-11-16(15-8-14(24-2)5-6-17(15)21)18(23)20-10-13-4-3-7-19-9-13/h3-9,11H,10H2,1-2H3,(H,20,23). The highest BCUT2D eigenvalue weighted by Crippen LogP contribution is 2.26. The van der Waals surface area contributed by atoms with E-state index in [1.807, 2.05) is 12.1 Å². The topological polar surface area (TPSA) is 73.2 Å². The molecular weight excluding hydrogens is 306 g/mol. The number of aromatic nitrogens is 2. The maximum Gasteiger partial charge on any atom is 0.253 e. The molecule has 2 aromatic heterocycles. The number of carbonyl (C=O) groups is 2. The SMILES string of the molecule is COc1ccc2c(c1)c(C(=O)NCc1cccnc1)cn2C(C)=O. The van der Waals surface area contributed by atoms with Gasteiger partial charge in [-0.25, -0.2) is 0 Å². The summed E-state index contributed by atoms with van der Waals surface area (Å²) < 4.78 is 6.69. The second-order valence-electron chi connectivity index (χ2n) is 5.36. The van der Waals surface area contributed by atoms with Gasteiger partial charge in [-0.2, -0.15) is 0 Å². The van der Waals surface area contributed by atoms with Crippen LogP contribution in [-0.2, 0) is 6.54 Å². The van der Waals surface area contributed by atoms with E-state index in [0.29, 0.717) is 28.8 Å². The van der Waals surface area contributed by atoms with Crippen molar-refractivity contribution in [3.63, 3.8) is 0 Å². The number of rotatable bonds is 4. The van der Waals surface area contributed by atoms with E-state index < -0.39 is 0 Å². The summed E-state index contributed by atoms with van der Waals surface area (Å²) in [6.07, 6.45) is 4.94. The van der Waals surface area contributed by atoms with Crippen LogP contribution in [0.4, 0.5) is 0 Å². The molecule has 1 aromatic carbocycles. The number of pyridine rings is 1. The lowest BCUT2D eigenvalue weighted by atomic mass is 10.1. The average molecular weight is 323 g/mol. The number of fused-ring (bicyclic) bond motifs is 1. The van der Waals surface area contributed by atoms with Crippen LogP contribution in [0, 0.1) is 0 Å². The predicted molar refractivity (Wildman–Crippen MR) is 90.2 cm³/mol. The molecule has 0 fully saturated rings. The van der Waals surface area contributed by atoms with Crippen LogP contribution in [-0.4, -0.2) is 28.5 Å². The van der Waals surface area contributed by atoms with Gasteiger partial charge in [-0.15, -0.1) is 0 Å². The van der Waals surface area contributed by atoms with Crippen LogP contribution in [0.2, 0.25) is 0 Å². The maximum absolute atomic E-state index is 12.6. The molecule has 0 aliphatic rings. The number of ether oxygens (including phenoxy) is 1. The third kappa shape index (κ3) is 2.99. The minimum atomic E-state index is -0.253. The monoisotopic (exact) mass is 323 g/mol. The first-order valence-corrected chi connectivity index (χ1v) is 7.47. The Morgan fingerprint density at radius 3 is 2.79 bits per heavy atom. The molecule has 0 atom stereocenters. The van der Waals surface area contributed by atoms with Gasteiger partial charge in [0.15, 0.2) is 0 Å². The lowest BCUT2D eigenvalue weighted by Gasteiger charge is -2.05. The highest BCUT2D eigenvalue weighted by Gasteiger charge is 2.17. The molecule has 0 bridgehead atoms. The highest BCUT2D eigenvalue weighted by molar-refractivity contribution is 6.09. The summed E-state index contributed by atoms with van der Waals surface area (Å²) >= 11 is 0. The summed E-state index contributed by atoms with van der Waals surface area (Å²) in [5, 5.41) is 3.53. The Labute approximate surface area is 139 Å². The van der Waals surface area contributed by atoms with E-state index in [1.165, 1.54) is 11.5 Å². The van der Waals surface area contributed by atoms with E-state index >= 15 is 0 Å². The maximum atomic E-state index is 12.6. The molecule has 0 saturated heterocycles. The number of nitrogens with one attached hydrogen (secondary N) is 1. The van der Waals surface area contributed by atoms with Crippen LogP contribution in [0.1, 0.15) is 27.6 Å². The van der Waals surface area contributed by atoms with Gasteiger partial charge in [-0.05, 0) is 29.8 Å². The number of amides is 1. The van der Waals surface area contributed by atoms with Gasteiger partial charge in [0.05, 0.1) is 18.2 Å². The Balaban J connectivity index is 1.95. The third-order valence-corrected chi connectivity index (χ3v) is 3.77. The Kier molecular flexibility index (Phi) is 4.29. The number of hydrogen-bond donors (Lipinski definition) is 1. The van der Waals surface area contributed by atoms with Crippen LogP contribution in [0.5, 0.6) is 5.75 Å². The molecule has 122 valence electrons. The second kappa shape index (κ2) is 6.54. The van der Waals surface area contributed by atoms with Crippen LogP contribution in [0.3, 0.4) is 0 Å². The van der Waals surface area contributed by atoms with Crippen molar-refractivity contribution < 1.29 is 14.3 Å². The molecule has 24 heavy (non-hydrogen) atoms. The van der Waals surface area contributed by atoms with Gasteiger partial charge in [-0.1, -0.05) is 6.07 Å². The van der Waals surface area contributed by atoms with Crippen molar-refractivity contribution in [2.45, 2.75) is 13.5 Å². The summed E-state index contributed by atoms with van der Waals surface area (Å²) in [4.78, 5) is 28.4. The molecule has 1 N–H and O–H groups in total. The van der Waals surface area contributed by atoms with Gasteiger partial charge in [0.25, 0.3) is 5.91 Å². The molecule has 0 spiro atoms. The molecular formula is C18H17N3O3. The zero-order valence-corrected chi connectivity index (χ0v) is 13.4. The Morgan fingerprint density at radius 1 is 1.29 bits per heavy atom. The number of nitrogens with zero attached hydrogens (tertiary/aromatic N) is 2. The van der Waals surface area contributed by atoms with Crippen molar-refractivity contribution in [1.29, 1.82) is 0 Å². The Morgan fingerprint density at radius 2 is 2.12 bits per heavy atom. The fourth-order valence-corrected chi connectivity index (χ4v) is 2.56. The van der Waals surface area contributed by atoms with Crippen LogP contribution in [0.15, 0.2) is 48.9 Å². The third-order valence-electron chi connectivity index (χ3n) is 3.77. The van der Waals surface area contributed by atoms with E-state index in [4.69, 9.17) is 4.74 Å². The summed E-state index contributed by atoms with van der Waals surface area (Å²) in [5.74, 6) is 0.221. The van der Waals surface area contributed by atoms with Gasteiger partial charge in [0.1, 0.15) is 5.75 Å². The molecule has 3 rings (SSSR count). The molecule has 0 aliphatic heterocycles. The van der Waals surface area contributed by atoms with Crippen LogP contribution < -0.4 is 10.1 Å². The van der Waals surface area contributed by atoms with E-state index in [9.17, 15) is 9.59 Å². The fraction of sp³-hybridized carbons (Fsp3) is 0.167. The van der Waals surface area contributed by atoms with Gasteiger partial charge < -0.3 is 10.1 Å². The number of methoxy groups -OCH3 is 1. The summed E-state index contributed by atoms with van der Waals surface area (Å²) in [5.41, 5.74) is 2.01. The first kappa shape index (κ1) is 15.7. The lowest BCUT2D eigenvalue weighted by Crippen LogP contribution is -2.22. The summed E-state index contributed by atoms with van der Waals surface area (Å²) in [6, 6.07) is 8.99. The van der Waals surface area contributed by atoms with E-state index in [1.54, 1.807) is 43.9 Å². The molecule has 0 saturated carbocycles. The van der Waals surface area contributed by atoms with Gasteiger partial charge in [-0.3, -0.25) is 19.1 Å². The average Bonchev–Trinajstić information content (AvgIpc) is 2.99. The quantitative estimate of drug-likeness (QED) is 0.801. The van der Waals surface area contributed by atoms with Gasteiger partial charge in [0, 0.05) is 37.4 Å². The molecule has 0 aliphatic carbocycles. The predicted octanol–water partition coefficient (Wildman–Crippen LogP) is 2.64. The first-order valence-electron chi connectivity index (χ1n) is 7.47. The first-order chi connectivity index (χ1) is 11.6.